The summed E-state index contributed by atoms with van der Waals surface area (Å²) in [6.45, 7) is -1.20. The zero-order valence-corrected chi connectivity index (χ0v) is 12.0. The highest BCUT2D eigenvalue weighted by Gasteiger charge is 2.34. The summed E-state index contributed by atoms with van der Waals surface area (Å²) in [6, 6.07) is 2.07. The molecule has 0 aliphatic rings. The summed E-state index contributed by atoms with van der Waals surface area (Å²) in [7, 11) is 0. The second-order valence-corrected chi connectivity index (χ2v) is 5.22. The number of carbonyl (C=O) groups excluding carboxylic acids is 2. The standard InChI is InChI=1S/C12H15F3N2O3S/c1-8(16-10(19)9-3-2-6-21-9)11(20)17(4-5-18)7-12(13,14)15/h2-3,6,8,18H,4-5,7H2,1H3,(H,16,19). The summed E-state index contributed by atoms with van der Waals surface area (Å²) in [6.07, 6.45) is -4.57. The van der Waals surface area contributed by atoms with Crippen LogP contribution >= 0.6 is 11.3 Å². The molecule has 0 aliphatic heterocycles. The number of hydrogen-bond donors (Lipinski definition) is 2. The van der Waals surface area contributed by atoms with E-state index in [9.17, 15) is 22.8 Å². The van der Waals surface area contributed by atoms with Crippen LogP contribution in [0.1, 0.15) is 16.6 Å². The van der Waals surface area contributed by atoms with E-state index in [-0.39, 0.29) is 0 Å². The van der Waals surface area contributed by atoms with Gasteiger partial charge >= 0.3 is 6.18 Å². The summed E-state index contributed by atoms with van der Waals surface area (Å²) in [5.74, 6) is -1.42. The topological polar surface area (TPSA) is 69.6 Å². The summed E-state index contributed by atoms with van der Waals surface area (Å²) >= 11 is 1.16. The molecule has 0 aromatic carbocycles. The molecule has 0 fully saturated rings. The number of alkyl halides is 3. The Morgan fingerprint density at radius 1 is 1.48 bits per heavy atom. The summed E-state index contributed by atoms with van der Waals surface area (Å²) in [5, 5.41) is 12.8. The largest absolute Gasteiger partial charge is 0.406 e. The first-order chi connectivity index (χ1) is 9.74. The number of thiophene rings is 1. The van der Waals surface area contributed by atoms with Gasteiger partial charge in [-0.05, 0) is 18.4 Å². The van der Waals surface area contributed by atoms with Crippen LogP contribution in [0.3, 0.4) is 0 Å². The van der Waals surface area contributed by atoms with Gasteiger partial charge in [-0.25, -0.2) is 0 Å². The lowest BCUT2D eigenvalue weighted by atomic mass is 10.2. The quantitative estimate of drug-likeness (QED) is 0.827. The Morgan fingerprint density at radius 3 is 2.62 bits per heavy atom. The number of carbonyl (C=O) groups is 2. The Morgan fingerprint density at radius 2 is 2.14 bits per heavy atom. The van der Waals surface area contributed by atoms with E-state index in [1.54, 1.807) is 17.5 Å². The van der Waals surface area contributed by atoms with Crippen LogP contribution in [-0.4, -0.2) is 53.7 Å². The average Bonchev–Trinajstić information content (AvgIpc) is 2.89. The Labute approximate surface area is 123 Å². The summed E-state index contributed by atoms with van der Waals surface area (Å²) < 4.78 is 37.1. The van der Waals surface area contributed by atoms with Gasteiger partial charge in [-0.15, -0.1) is 11.3 Å². The normalized spacial score (nSPS) is 12.8. The molecule has 118 valence electrons. The zero-order valence-electron chi connectivity index (χ0n) is 11.2. The molecular formula is C12H15F3N2O3S. The predicted molar refractivity (Wildman–Crippen MR) is 71.0 cm³/mol. The first-order valence-corrected chi connectivity index (χ1v) is 6.93. The number of halogens is 3. The number of nitrogens with one attached hydrogen (secondary N) is 1. The highest BCUT2D eigenvalue weighted by atomic mass is 32.1. The van der Waals surface area contributed by atoms with Crippen molar-refractivity contribution in [2.75, 3.05) is 19.7 Å². The lowest BCUT2D eigenvalue weighted by Crippen LogP contribution is -2.50. The van der Waals surface area contributed by atoms with Gasteiger partial charge < -0.3 is 15.3 Å². The first-order valence-electron chi connectivity index (χ1n) is 6.05. The summed E-state index contributed by atoms with van der Waals surface area (Å²) in [4.78, 5) is 24.5. The molecule has 1 unspecified atom stereocenters. The van der Waals surface area contributed by atoms with Crippen molar-refractivity contribution in [3.05, 3.63) is 22.4 Å². The highest BCUT2D eigenvalue weighted by molar-refractivity contribution is 7.12. The van der Waals surface area contributed by atoms with Crippen molar-refractivity contribution < 1.29 is 27.9 Å². The van der Waals surface area contributed by atoms with E-state index in [1.165, 1.54) is 6.92 Å². The summed E-state index contributed by atoms with van der Waals surface area (Å²) in [5.41, 5.74) is 0. The van der Waals surface area contributed by atoms with Gasteiger partial charge in [-0.3, -0.25) is 9.59 Å². The van der Waals surface area contributed by atoms with E-state index in [1.807, 2.05) is 0 Å². The number of aliphatic hydroxyl groups excluding tert-OH is 1. The molecule has 0 saturated heterocycles. The van der Waals surface area contributed by atoms with E-state index in [2.05, 4.69) is 5.32 Å². The second-order valence-electron chi connectivity index (χ2n) is 4.27. The van der Waals surface area contributed by atoms with Gasteiger partial charge in [0.15, 0.2) is 0 Å². The van der Waals surface area contributed by atoms with Gasteiger partial charge in [0.05, 0.1) is 11.5 Å². The van der Waals surface area contributed by atoms with Gasteiger partial charge in [-0.2, -0.15) is 13.2 Å². The fourth-order valence-corrected chi connectivity index (χ4v) is 2.24. The molecule has 2 N–H and O–H groups in total. The monoisotopic (exact) mass is 324 g/mol. The minimum Gasteiger partial charge on any atom is -0.395 e. The molecule has 2 amide bonds. The fraction of sp³-hybridized carbons (Fsp3) is 0.500. The van der Waals surface area contributed by atoms with Crippen LogP contribution < -0.4 is 5.32 Å². The van der Waals surface area contributed by atoms with Gasteiger partial charge in [0.2, 0.25) is 5.91 Å². The van der Waals surface area contributed by atoms with Gasteiger partial charge in [0.25, 0.3) is 5.91 Å². The second kappa shape index (κ2) is 7.41. The molecule has 0 saturated carbocycles. The fourth-order valence-electron chi connectivity index (χ4n) is 1.62. The van der Waals surface area contributed by atoms with Crippen LogP contribution in [-0.2, 0) is 4.79 Å². The number of aliphatic hydroxyl groups is 1. The molecule has 0 radical (unpaired) electrons. The molecule has 1 atom stereocenters. The maximum absolute atomic E-state index is 12.4. The zero-order chi connectivity index (χ0) is 16.0. The SMILES string of the molecule is CC(NC(=O)c1cccs1)C(=O)N(CCO)CC(F)(F)F. The minimum absolute atomic E-state index is 0.360. The Bertz CT molecular complexity index is 477. The van der Waals surface area contributed by atoms with Crippen molar-refractivity contribution in [2.24, 2.45) is 0 Å². The number of hydrogen-bond acceptors (Lipinski definition) is 4. The maximum atomic E-state index is 12.4. The molecule has 1 heterocycles. The lowest BCUT2D eigenvalue weighted by Gasteiger charge is -2.26. The number of rotatable bonds is 6. The first kappa shape index (κ1) is 17.4. The third kappa shape index (κ3) is 5.72. The van der Waals surface area contributed by atoms with Crippen molar-refractivity contribution in [1.82, 2.24) is 10.2 Å². The highest BCUT2D eigenvalue weighted by Crippen LogP contribution is 2.17. The average molecular weight is 324 g/mol. The third-order valence-corrected chi connectivity index (χ3v) is 3.38. The van der Waals surface area contributed by atoms with Crippen molar-refractivity contribution in [1.29, 1.82) is 0 Å². The van der Waals surface area contributed by atoms with E-state index in [0.29, 0.717) is 9.78 Å². The molecule has 5 nitrogen and oxygen atoms in total. The van der Waals surface area contributed by atoms with E-state index >= 15 is 0 Å². The minimum atomic E-state index is -4.57. The van der Waals surface area contributed by atoms with Crippen LogP contribution in [0.2, 0.25) is 0 Å². The Balaban J connectivity index is 2.67. The van der Waals surface area contributed by atoms with Crippen molar-refractivity contribution in [2.45, 2.75) is 19.1 Å². The molecule has 0 aliphatic carbocycles. The molecule has 1 rings (SSSR count). The van der Waals surface area contributed by atoms with Gasteiger partial charge in [0, 0.05) is 6.54 Å². The maximum Gasteiger partial charge on any atom is 0.406 e. The van der Waals surface area contributed by atoms with E-state index < -0.39 is 43.7 Å². The molecule has 0 spiro atoms. The Hall–Kier alpha value is -1.61. The van der Waals surface area contributed by atoms with Gasteiger partial charge in [0.1, 0.15) is 12.6 Å². The number of amides is 2. The van der Waals surface area contributed by atoms with E-state index in [4.69, 9.17) is 5.11 Å². The predicted octanol–water partition coefficient (Wildman–Crippen LogP) is 1.25. The molecular weight excluding hydrogens is 309 g/mol. The molecule has 21 heavy (non-hydrogen) atoms. The van der Waals surface area contributed by atoms with Crippen LogP contribution in [0.25, 0.3) is 0 Å². The third-order valence-electron chi connectivity index (χ3n) is 2.51. The molecule has 9 heteroatoms. The Kier molecular flexibility index (Phi) is 6.16. The van der Waals surface area contributed by atoms with Crippen LogP contribution in [0.15, 0.2) is 17.5 Å². The molecule has 0 bridgehead atoms. The van der Waals surface area contributed by atoms with Crippen LogP contribution in [0.4, 0.5) is 13.2 Å². The molecule has 1 aromatic rings. The van der Waals surface area contributed by atoms with Crippen LogP contribution in [0, 0.1) is 0 Å². The van der Waals surface area contributed by atoms with E-state index in [0.717, 1.165) is 11.3 Å². The van der Waals surface area contributed by atoms with Gasteiger partial charge in [-0.1, -0.05) is 6.07 Å². The smallest absolute Gasteiger partial charge is 0.395 e. The van der Waals surface area contributed by atoms with Crippen LogP contribution in [0.5, 0.6) is 0 Å². The van der Waals surface area contributed by atoms with Crippen molar-refractivity contribution in [3.8, 4) is 0 Å². The van der Waals surface area contributed by atoms with Crippen molar-refractivity contribution in [3.63, 3.8) is 0 Å². The number of nitrogens with zero attached hydrogens (tertiary/aromatic N) is 1. The lowest BCUT2D eigenvalue weighted by molar-refractivity contribution is -0.162. The van der Waals surface area contributed by atoms with Crippen molar-refractivity contribution >= 4 is 23.2 Å². The molecule has 1 aromatic heterocycles.